The summed E-state index contributed by atoms with van der Waals surface area (Å²) in [4.78, 5) is 38.0. The molecule has 1 aromatic rings. The van der Waals surface area contributed by atoms with Gasteiger partial charge in [-0.15, -0.1) is 11.3 Å². The fourth-order valence-electron chi connectivity index (χ4n) is 2.77. The monoisotopic (exact) mass is 365 g/mol. The summed E-state index contributed by atoms with van der Waals surface area (Å²) < 4.78 is 4.99. The van der Waals surface area contributed by atoms with E-state index in [9.17, 15) is 14.4 Å². The maximum atomic E-state index is 12.4. The highest BCUT2D eigenvalue weighted by Crippen LogP contribution is 2.31. The number of anilines is 1. The Balaban J connectivity index is 1.45. The van der Waals surface area contributed by atoms with E-state index in [1.165, 1.54) is 11.3 Å². The van der Waals surface area contributed by atoms with Crippen molar-refractivity contribution in [2.45, 2.75) is 38.6 Å². The van der Waals surface area contributed by atoms with Crippen LogP contribution in [0.1, 0.15) is 42.3 Å². The normalized spacial score (nSPS) is 17.9. The van der Waals surface area contributed by atoms with Crippen LogP contribution >= 0.6 is 11.3 Å². The minimum absolute atomic E-state index is 0.0418. The predicted molar refractivity (Wildman–Crippen MR) is 94.8 cm³/mol. The Hall–Kier alpha value is -2.09. The van der Waals surface area contributed by atoms with Crippen LogP contribution in [-0.4, -0.2) is 48.5 Å². The van der Waals surface area contributed by atoms with Crippen LogP contribution in [0.4, 0.5) is 9.80 Å². The molecule has 2 N–H and O–H groups in total. The standard InChI is InChI=1S/C17H23N3O4S/c1-2-24-17(23)20-9-7-12(8-10-20)18-16(22)13-5-6-14(25-13)19-15(21)11-3-4-11/h5-6,11-12H,2-4,7-10H2,1H3,(H,18,22)(H,19,21). The zero-order valence-electron chi connectivity index (χ0n) is 14.2. The molecule has 0 atom stereocenters. The van der Waals surface area contributed by atoms with Crippen LogP contribution in [0.2, 0.25) is 0 Å². The number of nitrogens with one attached hydrogen (secondary N) is 2. The average molecular weight is 365 g/mol. The van der Waals surface area contributed by atoms with E-state index in [2.05, 4.69) is 10.6 Å². The summed E-state index contributed by atoms with van der Waals surface area (Å²) in [5.74, 6) is 0.0515. The van der Waals surface area contributed by atoms with Crippen molar-refractivity contribution in [2.75, 3.05) is 25.0 Å². The Morgan fingerprint density at radius 3 is 2.56 bits per heavy atom. The summed E-state index contributed by atoms with van der Waals surface area (Å²) in [7, 11) is 0. The van der Waals surface area contributed by atoms with E-state index in [-0.39, 0.29) is 29.9 Å². The lowest BCUT2D eigenvalue weighted by Crippen LogP contribution is -2.46. The highest BCUT2D eigenvalue weighted by Gasteiger charge is 2.30. The number of amides is 3. The highest BCUT2D eigenvalue weighted by molar-refractivity contribution is 7.18. The Labute approximate surface area is 150 Å². The van der Waals surface area contributed by atoms with Crippen molar-refractivity contribution in [1.82, 2.24) is 10.2 Å². The molecular weight excluding hydrogens is 342 g/mol. The summed E-state index contributed by atoms with van der Waals surface area (Å²) >= 11 is 1.29. The molecule has 2 aliphatic rings. The van der Waals surface area contributed by atoms with Gasteiger partial charge in [0.05, 0.1) is 16.5 Å². The summed E-state index contributed by atoms with van der Waals surface area (Å²) in [5, 5.41) is 6.57. The van der Waals surface area contributed by atoms with Gasteiger partial charge >= 0.3 is 6.09 Å². The van der Waals surface area contributed by atoms with Crippen LogP contribution in [-0.2, 0) is 9.53 Å². The molecule has 1 aliphatic heterocycles. The van der Waals surface area contributed by atoms with E-state index in [0.29, 0.717) is 42.4 Å². The third-order valence-corrected chi connectivity index (χ3v) is 5.38. The molecular formula is C17H23N3O4S. The number of rotatable bonds is 5. The number of carbonyl (C=O) groups is 3. The smallest absolute Gasteiger partial charge is 0.409 e. The number of carbonyl (C=O) groups excluding carboxylic acids is 3. The summed E-state index contributed by atoms with van der Waals surface area (Å²) in [5.41, 5.74) is 0. The second-order valence-electron chi connectivity index (χ2n) is 6.36. The van der Waals surface area contributed by atoms with Crippen molar-refractivity contribution >= 4 is 34.2 Å². The molecule has 8 heteroatoms. The molecule has 0 bridgehead atoms. The molecule has 25 heavy (non-hydrogen) atoms. The lowest BCUT2D eigenvalue weighted by atomic mass is 10.1. The molecule has 1 saturated heterocycles. The predicted octanol–water partition coefficient (Wildman–Crippen LogP) is 2.45. The number of ether oxygens (including phenoxy) is 1. The number of nitrogens with zero attached hydrogens (tertiary/aromatic N) is 1. The van der Waals surface area contributed by atoms with Crippen molar-refractivity contribution in [3.63, 3.8) is 0 Å². The SMILES string of the molecule is CCOC(=O)N1CCC(NC(=O)c2ccc(NC(=O)C3CC3)s2)CC1. The molecule has 3 rings (SSSR count). The fourth-order valence-corrected chi connectivity index (χ4v) is 3.59. The van der Waals surface area contributed by atoms with E-state index in [1.807, 2.05) is 0 Å². The maximum Gasteiger partial charge on any atom is 0.409 e. The van der Waals surface area contributed by atoms with Gasteiger partial charge in [0.2, 0.25) is 5.91 Å². The molecule has 2 heterocycles. The summed E-state index contributed by atoms with van der Waals surface area (Å²) in [6, 6.07) is 3.55. The van der Waals surface area contributed by atoms with Crippen LogP contribution < -0.4 is 10.6 Å². The van der Waals surface area contributed by atoms with E-state index in [1.54, 1.807) is 24.0 Å². The molecule has 1 saturated carbocycles. The molecule has 0 radical (unpaired) electrons. The van der Waals surface area contributed by atoms with Crippen molar-refractivity contribution < 1.29 is 19.1 Å². The van der Waals surface area contributed by atoms with E-state index < -0.39 is 0 Å². The highest BCUT2D eigenvalue weighted by atomic mass is 32.1. The molecule has 2 fully saturated rings. The maximum absolute atomic E-state index is 12.4. The Kier molecular flexibility index (Phi) is 5.57. The Morgan fingerprint density at radius 1 is 1.20 bits per heavy atom. The molecule has 1 aliphatic carbocycles. The average Bonchev–Trinajstić information content (AvgIpc) is 3.35. The van der Waals surface area contributed by atoms with E-state index in [4.69, 9.17) is 4.74 Å². The third-order valence-electron chi connectivity index (χ3n) is 4.38. The lowest BCUT2D eigenvalue weighted by molar-refractivity contribution is -0.117. The largest absolute Gasteiger partial charge is 0.450 e. The molecule has 136 valence electrons. The molecule has 0 spiro atoms. The first-order chi connectivity index (χ1) is 12.1. The zero-order valence-corrected chi connectivity index (χ0v) is 15.1. The van der Waals surface area contributed by atoms with E-state index >= 15 is 0 Å². The van der Waals surface area contributed by atoms with Gasteiger partial charge in [-0.2, -0.15) is 0 Å². The first-order valence-electron chi connectivity index (χ1n) is 8.70. The minimum atomic E-state index is -0.290. The summed E-state index contributed by atoms with van der Waals surface area (Å²) in [6.45, 7) is 3.31. The number of thiophene rings is 1. The van der Waals surface area contributed by atoms with Crippen molar-refractivity contribution in [3.8, 4) is 0 Å². The van der Waals surface area contributed by atoms with Gasteiger partial charge in [-0.3, -0.25) is 9.59 Å². The van der Waals surface area contributed by atoms with Gasteiger partial charge in [0.1, 0.15) is 0 Å². The molecule has 0 unspecified atom stereocenters. The molecule has 0 aromatic carbocycles. The quantitative estimate of drug-likeness (QED) is 0.839. The van der Waals surface area contributed by atoms with Gasteiger partial charge in [-0.1, -0.05) is 0 Å². The van der Waals surface area contributed by atoms with Crippen LogP contribution in [0.15, 0.2) is 12.1 Å². The number of hydrogen-bond donors (Lipinski definition) is 2. The second kappa shape index (κ2) is 7.86. The van der Waals surface area contributed by atoms with E-state index in [0.717, 1.165) is 12.8 Å². The molecule has 3 amide bonds. The van der Waals surface area contributed by atoms with Gasteiger partial charge in [-0.05, 0) is 44.7 Å². The minimum Gasteiger partial charge on any atom is -0.450 e. The van der Waals surface area contributed by atoms with Crippen LogP contribution in [0, 0.1) is 5.92 Å². The van der Waals surface area contributed by atoms with Crippen molar-refractivity contribution in [2.24, 2.45) is 5.92 Å². The zero-order chi connectivity index (χ0) is 17.8. The lowest BCUT2D eigenvalue weighted by Gasteiger charge is -2.31. The topological polar surface area (TPSA) is 87.7 Å². The number of likely N-dealkylation sites (tertiary alicyclic amines) is 1. The first kappa shape index (κ1) is 17.7. The Bertz CT molecular complexity index is 648. The fraction of sp³-hybridized carbons (Fsp3) is 0.588. The number of piperidine rings is 1. The van der Waals surface area contributed by atoms with Crippen LogP contribution in [0.25, 0.3) is 0 Å². The van der Waals surface area contributed by atoms with Gasteiger partial charge in [0.25, 0.3) is 5.91 Å². The van der Waals surface area contributed by atoms with Gasteiger partial charge < -0.3 is 20.3 Å². The van der Waals surface area contributed by atoms with Gasteiger partial charge in [0.15, 0.2) is 0 Å². The van der Waals surface area contributed by atoms with Gasteiger partial charge in [-0.25, -0.2) is 4.79 Å². The second-order valence-corrected chi connectivity index (χ2v) is 7.44. The Morgan fingerprint density at radius 2 is 1.92 bits per heavy atom. The number of hydrogen-bond acceptors (Lipinski definition) is 5. The molecule has 1 aromatic heterocycles. The third kappa shape index (κ3) is 4.72. The van der Waals surface area contributed by atoms with Crippen molar-refractivity contribution in [3.05, 3.63) is 17.0 Å². The summed E-state index contributed by atoms with van der Waals surface area (Å²) in [6.07, 6.45) is 3.04. The van der Waals surface area contributed by atoms with Crippen molar-refractivity contribution in [1.29, 1.82) is 0 Å². The van der Waals surface area contributed by atoms with Crippen LogP contribution in [0.5, 0.6) is 0 Å². The molecule has 7 nitrogen and oxygen atoms in total. The first-order valence-corrected chi connectivity index (χ1v) is 9.51. The van der Waals surface area contributed by atoms with Crippen LogP contribution in [0.3, 0.4) is 0 Å². The van der Waals surface area contributed by atoms with Gasteiger partial charge in [0, 0.05) is 25.0 Å².